The van der Waals surface area contributed by atoms with Crippen molar-refractivity contribution in [1.82, 2.24) is 9.55 Å². The largest absolute Gasteiger partial charge is 0.454 e. The van der Waals surface area contributed by atoms with Crippen LogP contribution < -0.4 is 0 Å². The number of Topliss-reactive ketones (excluding diaryl/α,β-unsaturated/α-hetero) is 1. The van der Waals surface area contributed by atoms with Gasteiger partial charge in [0.15, 0.2) is 6.61 Å². The Morgan fingerprint density at radius 3 is 2.68 bits per heavy atom. The van der Waals surface area contributed by atoms with Gasteiger partial charge in [0, 0.05) is 34.1 Å². The molecule has 0 N–H and O–H groups in total. The van der Waals surface area contributed by atoms with E-state index in [0.29, 0.717) is 17.2 Å². The molecule has 2 aromatic heterocycles. The van der Waals surface area contributed by atoms with Crippen molar-refractivity contribution in [1.29, 1.82) is 0 Å². The van der Waals surface area contributed by atoms with Crippen LogP contribution in [0.15, 0.2) is 30.3 Å². The van der Waals surface area contributed by atoms with Gasteiger partial charge < -0.3 is 9.30 Å². The van der Waals surface area contributed by atoms with Crippen LogP contribution in [0, 0.1) is 13.8 Å². The number of rotatable bonds is 5. The Labute approximate surface area is 182 Å². The minimum atomic E-state index is -0.416. The number of benzene rings is 1. The van der Waals surface area contributed by atoms with E-state index in [1.807, 2.05) is 44.2 Å². The summed E-state index contributed by atoms with van der Waals surface area (Å²) in [7, 11) is 0. The molecule has 5 rings (SSSR count). The molecule has 2 heterocycles. The van der Waals surface area contributed by atoms with Crippen molar-refractivity contribution >= 4 is 22.7 Å². The van der Waals surface area contributed by atoms with Gasteiger partial charge in [-0.3, -0.25) is 9.78 Å². The molecule has 1 aromatic carbocycles. The number of para-hydroxylation sites is 1. The lowest BCUT2D eigenvalue weighted by atomic mass is 9.97. The van der Waals surface area contributed by atoms with Crippen molar-refractivity contribution < 1.29 is 14.3 Å². The van der Waals surface area contributed by atoms with Crippen LogP contribution in [0.2, 0.25) is 0 Å². The van der Waals surface area contributed by atoms with Crippen LogP contribution in [0.25, 0.3) is 10.9 Å². The van der Waals surface area contributed by atoms with Crippen molar-refractivity contribution in [3.63, 3.8) is 0 Å². The molecule has 5 nitrogen and oxygen atoms in total. The standard InChI is InChI=1S/C26H28N2O3/c1-16-14-21(17(2)28(16)18-12-13-18)24(29)15-31-26(30)25-19-8-4-3-5-10-22(19)27-23-11-7-6-9-20(23)25/h6-7,9,11,14,18H,3-5,8,10,12-13,15H2,1-2H3. The van der Waals surface area contributed by atoms with Crippen molar-refractivity contribution in [2.45, 2.75) is 64.8 Å². The normalized spacial score (nSPS) is 16.1. The number of nitrogens with zero attached hydrogens (tertiary/aromatic N) is 2. The summed E-state index contributed by atoms with van der Waals surface area (Å²) in [4.78, 5) is 31.0. The number of ketones is 1. The van der Waals surface area contributed by atoms with E-state index in [9.17, 15) is 9.59 Å². The van der Waals surface area contributed by atoms with Gasteiger partial charge in [0.05, 0.1) is 11.1 Å². The minimum absolute atomic E-state index is 0.141. The number of ether oxygens (including phenoxy) is 1. The molecule has 31 heavy (non-hydrogen) atoms. The molecular formula is C26H28N2O3. The highest BCUT2D eigenvalue weighted by Crippen LogP contribution is 2.38. The number of hydrogen-bond acceptors (Lipinski definition) is 4. The first-order chi connectivity index (χ1) is 15.0. The molecule has 2 aliphatic rings. The van der Waals surface area contributed by atoms with Gasteiger partial charge in [-0.2, -0.15) is 0 Å². The fourth-order valence-corrected chi connectivity index (χ4v) is 5.02. The minimum Gasteiger partial charge on any atom is -0.454 e. The number of hydrogen-bond donors (Lipinski definition) is 0. The van der Waals surface area contributed by atoms with Crippen LogP contribution in [0.1, 0.15) is 81.5 Å². The number of esters is 1. The fraction of sp³-hybridized carbons (Fsp3) is 0.423. The molecule has 1 saturated carbocycles. The molecule has 0 atom stereocenters. The van der Waals surface area contributed by atoms with Crippen LogP contribution in [-0.4, -0.2) is 27.9 Å². The van der Waals surface area contributed by atoms with E-state index in [1.54, 1.807) is 0 Å². The summed E-state index contributed by atoms with van der Waals surface area (Å²) in [6.07, 6.45) is 7.30. The smallest absolute Gasteiger partial charge is 0.339 e. The molecule has 0 bridgehead atoms. The fourth-order valence-electron chi connectivity index (χ4n) is 5.02. The molecule has 0 spiro atoms. The van der Waals surface area contributed by atoms with Crippen LogP contribution in [0.5, 0.6) is 0 Å². The van der Waals surface area contributed by atoms with E-state index in [4.69, 9.17) is 9.72 Å². The molecule has 1 fully saturated rings. The quantitative estimate of drug-likeness (QED) is 0.322. The molecule has 2 aliphatic carbocycles. The van der Waals surface area contributed by atoms with E-state index >= 15 is 0 Å². The summed E-state index contributed by atoms with van der Waals surface area (Å²) in [6.45, 7) is 3.78. The van der Waals surface area contributed by atoms with Crippen molar-refractivity contribution in [3.8, 4) is 0 Å². The Morgan fingerprint density at radius 2 is 1.87 bits per heavy atom. The predicted octanol–water partition coefficient (Wildman–Crippen LogP) is 5.30. The number of carbonyl (C=O) groups excluding carboxylic acids is 2. The summed E-state index contributed by atoms with van der Waals surface area (Å²) in [6, 6.07) is 10.2. The van der Waals surface area contributed by atoms with Crippen molar-refractivity contribution in [3.05, 3.63) is 64.1 Å². The molecule has 0 aliphatic heterocycles. The second kappa shape index (κ2) is 7.95. The summed E-state index contributed by atoms with van der Waals surface area (Å²) in [5.41, 5.74) is 6.15. The first-order valence-electron chi connectivity index (χ1n) is 11.3. The zero-order chi connectivity index (χ0) is 21.5. The van der Waals surface area contributed by atoms with E-state index in [1.165, 1.54) is 12.8 Å². The summed E-state index contributed by atoms with van der Waals surface area (Å²) in [5.74, 6) is -0.557. The topological polar surface area (TPSA) is 61.2 Å². The Bertz CT molecular complexity index is 1190. The first kappa shape index (κ1) is 20.0. The van der Waals surface area contributed by atoms with E-state index in [-0.39, 0.29) is 12.4 Å². The molecule has 3 aromatic rings. The summed E-state index contributed by atoms with van der Waals surface area (Å²) >= 11 is 0. The SMILES string of the molecule is Cc1cc(C(=O)COC(=O)c2c3c(nc4ccccc24)CCCCC3)c(C)n1C1CC1. The highest BCUT2D eigenvalue weighted by Gasteiger charge is 2.29. The number of carbonyl (C=O) groups is 2. The van der Waals surface area contributed by atoms with Gasteiger partial charge in [-0.1, -0.05) is 24.6 Å². The Kier molecular flexibility index (Phi) is 5.12. The second-order valence-electron chi connectivity index (χ2n) is 8.88. The third-order valence-electron chi connectivity index (χ3n) is 6.65. The molecular weight excluding hydrogens is 388 g/mol. The number of fused-ring (bicyclic) bond motifs is 2. The second-order valence-corrected chi connectivity index (χ2v) is 8.88. The van der Waals surface area contributed by atoms with Crippen molar-refractivity contribution in [2.75, 3.05) is 6.61 Å². The Balaban J connectivity index is 1.43. The van der Waals surface area contributed by atoms with Crippen LogP contribution in [0.3, 0.4) is 0 Å². The molecule has 0 radical (unpaired) electrons. The number of pyridine rings is 1. The average molecular weight is 417 g/mol. The van der Waals surface area contributed by atoms with Gasteiger partial charge in [0.2, 0.25) is 5.78 Å². The van der Waals surface area contributed by atoms with Gasteiger partial charge in [0.1, 0.15) is 0 Å². The van der Waals surface area contributed by atoms with Gasteiger partial charge in [-0.25, -0.2) is 4.79 Å². The molecule has 5 heteroatoms. The zero-order valence-corrected chi connectivity index (χ0v) is 18.2. The highest BCUT2D eigenvalue weighted by atomic mass is 16.5. The van der Waals surface area contributed by atoms with Crippen molar-refractivity contribution in [2.24, 2.45) is 0 Å². The predicted molar refractivity (Wildman–Crippen MR) is 120 cm³/mol. The summed E-state index contributed by atoms with van der Waals surface area (Å²) < 4.78 is 7.86. The first-order valence-corrected chi connectivity index (χ1v) is 11.3. The zero-order valence-electron chi connectivity index (χ0n) is 18.2. The molecule has 0 saturated heterocycles. The third kappa shape index (κ3) is 3.67. The van der Waals surface area contributed by atoms with E-state index in [0.717, 1.165) is 65.7 Å². The Hall–Kier alpha value is -2.95. The van der Waals surface area contributed by atoms with E-state index in [2.05, 4.69) is 4.57 Å². The maximum Gasteiger partial charge on any atom is 0.339 e. The van der Waals surface area contributed by atoms with Gasteiger partial charge in [0.25, 0.3) is 0 Å². The monoisotopic (exact) mass is 416 g/mol. The van der Waals surface area contributed by atoms with Gasteiger partial charge in [-0.05, 0) is 70.1 Å². The Morgan fingerprint density at radius 1 is 1.10 bits per heavy atom. The lowest BCUT2D eigenvalue weighted by Gasteiger charge is -2.15. The molecule has 160 valence electrons. The number of aromatic nitrogens is 2. The van der Waals surface area contributed by atoms with E-state index < -0.39 is 5.97 Å². The lowest BCUT2D eigenvalue weighted by molar-refractivity contribution is 0.0475. The third-order valence-corrected chi connectivity index (χ3v) is 6.65. The molecule has 0 unspecified atom stereocenters. The maximum absolute atomic E-state index is 13.2. The lowest BCUT2D eigenvalue weighted by Crippen LogP contribution is -2.17. The summed E-state index contributed by atoms with van der Waals surface area (Å²) in [5, 5.41) is 0.813. The van der Waals surface area contributed by atoms with Gasteiger partial charge in [-0.15, -0.1) is 0 Å². The highest BCUT2D eigenvalue weighted by molar-refractivity contribution is 6.06. The number of aryl methyl sites for hydroxylation is 2. The average Bonchev–Trinajstić information content (AvgIpc) is 3.58. The van der Waals surface area contributed by atoms with Crippen LogP contribution in [-0.2, 0) is 17.6 Å². The van der Waals surface area contributed by atoms with Crippen LogP contribution >= 0.6 is 0 Å². The van der Waals surface area contributed by atoms with Crippen LogP contribution in [0.4, 0.5) is 0 Å². The molecule has 0 amide bonds. The maximum atomic E-state index is 13.2. The van der Waals surface area contributed by atoms with Gasteiger partial charge >= 0.3 is 5.97 Å².